The zero-order valence-electron chi connectivity index (χ0n) is 9.97. The molecule has 0 aromatic heterocycles. The maximum atomic E-state index is 11.7. The van der Waals surface area contributed by atoms with Crippen molar-refractivity contribution in [3.63, 3.8) is 0 Å². The molecule has 3 nitrogen and oxygen atoms in total. The molecule has 0 aliphatic carbocycles. The molecule has 1 aliphatic rings. The van der Waals surface area contributed by atoms with Crippen LogP contribution >= 0.6 is 0 Å². The highest BCUT2D eigenvalue weighted by Gasteiger charge is 2.35. The third kappa shape index (κ3) is 1.52. The molecule has 0 saturated heterocycles. The van der Waals surface area contributed by atoms with Crippen LogP contribution in [-0.2, 0) is 4.79 Å². The lowest BCUT2D eigenvalue weighted by atomic mass is 9.83. The second kappa shape index (κ2) is 3.91. The first-order chi connectivity index (χ1) is 7.54. The first-order valence-electron chi connectivity index (χ1n) is 5.68. The summed E-state index contributed by atoms with van der Waals surface area (Å²) >= 11 is 0. The average molecular weight is 218 g/mol. The fourth-order valence-corrected chi connectivity index (χ4v) is 2.48. The molecular weight excluding hydrogens is 200 g/mol. The minimum Gasteiger partial charge on any atom is -0.324 e. The molecule has 0 saturated carbocycles. The van der Waals surface area contributed by atoms with E-state index in [-0.39, 0.29) is 23.9 Å². The van der Waals surface area contributed by atoms with E-state index in [1.807, 2.05) is 29.2 Å². The topological polar surface area (TPSA) is 46.3 Å². The number of amides is 1. The molecule has 3 atom stereocenters. The van der Waals surface area contributed by atoms with Crippen molar-refractivity contribution in [2.24, 2.45) is 11.7 Å². The molecule has 2 N–H and O–H groups in total. The predicted octanol–water partition coefficient (Wildman–Crippen LogP) is 2.08. The summed E-state index contributed by atoms with van der Waals surface area (Å²) in [5.41, 5.74) is 8.24. The zero-order chi connectivity index (χ0) is 11.9. The smallest absolute Gasteiger partial charge is 0.224 e. The SMILES string of the molecule is CC(=O)N1c2ccccc2C(N)C(C)C1C. The van der Waals surface area contributed by atoms with Crippen molar-refractivity contribution in [1.82, 2.24) is 0 Å². The maximum absolute atomic E-state index is 11.7. The van der Waals surface area contributed by atoms with Crippen molar-refractivity contribution in [3.05, 3.63) is 29.8 Å². The third-order valence-electron chi connectivity index (χ3n) is 3.63. The van der Waals surface area contributed by atoms with Crippen LogP contribution in [0.4, 0.5) is 5.69 Å². The monoisotopic (exact) mass is 218 g/mol. The Kier molecular flexibility index (Phi) is 2.72. The Balaban J connectivity index is 2.56. The van der Waals surface area contributed by atoms with Crippen LogP contribution in [0.2, 0.25) is 0 Å². The van der Waals surface area contributed by atoms with Crippen LogP contribution in [0.3, 0.4) is 0 Å². The summed E-state index contributed by atoms with van der Waals surface area (Å²) in [4.78, 5) is 13.6. The van der Waals surface area contributed by atoms with Crippen molar-refractivity contribution in [1.29, 1.82) is 0 Å². The number of anilines is 1. The summed E-state index contributed by atoms with van der Waals surface area (Å²) in [6, 6.07) is 8.07. The molecule has 3 heteroatoms. The van der Waals surface area contributed by atoms with Gasteiger partial charge in [0.1, 0.15) is 0 Å². The maximum Gasteiger partial charge on any atom is 0.224 e. The van der Waals surface area contributed by atoms with Gasteiger partial charge in [-0.25, -0.2) is 0 Å². The normalized spacial score (nSPS) is 28.8. The summed E-state index contributed by atoms with van der Waals surface area (Å²) in [5, 5.41) is 0. The van der Waals surface area contributed by atoms with Crippen molar-refractivity contribution in [2.45, 2.75) is 32.9 Å². The van der Waals surface area contributed by atoms with Gasteiger partial charge in [0.15, 0.2) is 0 Å². The Morgan fingerprint density at radius 2 is 1.94 bits per heavy atom. The van der Waals surface area contributed by atoms with E-state index in [0.29, 0.717) is 0 Å². The Bertz CT molecular complexity index is 416. The van der Waals surface area contributed by atoms with Gasteiger partial charge in [0.05, 0.1) is 0 Å². The van der Waals surface area contributed by atoms with Gasteiger partial charge in [0.2, 0.25) is 5.91 Å². The van der Waals surface area contributed by atoms with Crippen LogP contribution in [0.15, 0.2) is 24.3 Å². The van der Waals surface area contributed by atoms with Gasteiger partial charge in [0, 0.05) is 24.7 Å². The number of benzene rings is 1. The van der Waals surface area contributed by atoms with Crippen LogP contribution in [0.1, 0.15) is 32.4 Å². The number of nitrogens with zero attached hydrogens (tertiary/aromatic N) is 1. The number of carbonyl (C=O) groups excluding carboxylic acids is 1. The predicted molar refractivity (Wildman–Crippen MR) is 65.2 cm³/mol. The zero-order valence-corrected chi connectivity index (χ0v) is 9.97. The summed E-state index contributed by atoms with van der Waals surface area (Å²) in [6.45, 7) is 5.76. The van der Waals surface area contributed by atoms with Crippen LogP contribution in [0.25, 0.3) is 0 Å². The second-order valence-corrected chi connectivity index (χ2v) is 4.57. The minimum absolute atomic E-state index is 0.0156. The lowest BCUT2D eigenvalue weighted by molar-refractivity contribution is -0.117. The molecule has 16 heavy (non-hydrogen) atoms. The molecule has 0 fully saturated rings. The van der Waals surface area contributed by atoms with Crippen LogP contribution in [0.5, 0.6) is 0 Å². The van der Waals surface area contributed by atoms with Crippen LogP contribution in [0, 0.1) is 5.92 Å². The summed E-state index contributed by atoms with van der Waals surface area (Å²) in [5.74, 6) is 0.359. The van der Waals surface area contributed by atoms with Gasteiger partial charge in [0.25, 0.3) is 0 Å². The Morgan fingerprint density at radius 3 is 2.56 bits per heavy atom. The molecule has 1 aliphatic heterocycles. The minimum atomic E-state index is 0.0156. The number of hydrogen-bond acceptors (Lipinski definition) is 2. The van der Waals surface area contributed by atoms with E-state index in [2.05, 4.69) is 13.8 Å². The van der Waals surface area contributed by atoms with Crippen molar-refractivity contribution >= 4 is 11.6 Å². The number of hydrogen-bond donors (Lipinski definition) is 1. The molecule has 1 aromatic carbocycles. The molecule has 0 bridgehead atoms. The molecule has 1 aromatic rings. The van der Waals surface area contributed by atoms with Crippen molar-refractivity contribution in [2.75, 3.05) is 4.90 Å². The van der Waals surface area contributed by atoms with Gasteiger partial charge in [-0.15, -0.1) is 0 Å². The van der Waals surface area contributed by atoms with Gasteiger partial charge >= 0.3 is 0 Å². The van der Waals surface area contributed by atoms with Gasteiger partial charge in [-0.1, -0.05) is 25.1 Å². The highest BCUT2D eigenvalue weighted by Crippen LogP contribution is 2.38. The molecule has 1 amide bonds. The number of rotatable bonds is 0. The third-order valence-corrected chi connectivity index (χ3v) is 3.63. The molecule has 3 unspecified atom stereocenters. The fourth-order valence-electron chi connectivity index (χ4n) is 2.48. The Labute approximate surface area is 96.2 Å². The molecule has 86 valence electrons. The first kappa shape index (κ1) is 11.1. The Morgan fingerprint density at radius 1 is 1.31 bits per heavy atom. The highest BCUT2D eigenvalue weighted by atomic mass is 16.2. The quantitative estimate of drug-likeness (QED) is 0.724. The van der Waals surface area contributed by atoms with Gasteiger partial charge < -0.3 is 10.6 Å². The van der Waals surface area contributed by atoms with Gasteiger partial charge in [-0.3, -0.25) is 4.79 Å². The van der Waals surface area contributed by atoms with E-state index < -0.39 is 0 Å². The number of fused-ring (bicyclic) bond motifs is 1. The number of nitrogens with two attached hydrogens (primary N) is 1. The molecular formula is C13H18N2O. The van der Waals surface area contributed by atoms with Crippen LogP contribution in [-0.4, -0.2) is 11.9 Å². The van der Waals surface area contributed by atoms with E-state index in [0.717, 1.165) is 11.3 Å². The van der Waals surface area contributed by atoms with Gasteiger partial charge in [-0.2, -0.15) is 0 Å². The summed E-state index contributed by atoms with van der Waals surface area (Å²) < 4.78 is 0. The van der Waals surface area contributed by atoms with Crippen LogP contribution < -0.4 is 10.6 Å². The largest absolute Gasteiger partial charge is 0.324 e. The van der Waals surface area contributed by atoms with Crippen molar-refractivity contribution in [3.8, 4) is 0 Å². The molecule has 0 spiro atoms. The van der Waals surface area contributed by atoms with Crippen molar-refractivity contribution < 1.29 is 4.79 Å². The average Bonchev–Trinajstić information content (AvgIpc) is 2.26. The Hall–Kier alpha value is -1.35. The van der Waals surface area contributed by atoms with E-state index >= 15 is 0 Å². The lowest BCUT2D eigenvalue weighted by Gasteiger charge is -2.42. The van der Waals surface area contributed by atoms with Gasteiger partial charge in [-0.05, 0) is 24.5 Å². The molecule has 2 rings (SSSR count). The summed E-state index contributed by atoms with van der Waals surface area (Å²) in [7, 11) is 0. The first-order valence-corrected chi connectivity index (χ1v) is 5.68. The van der Waals surface area contributed by atoms with E-state index in [9.17, 15) is 4.79 Å². The molecule has 0 radical (unpaired) electrons. The van der Waals surface area contributed by atoms with E-state index in [4.69, 9.17) is 5.73 Å². The fraction of sp³-hybridized carbons (Fsp3) is 0.462. The number of carbonyl (C=O) groups is 1. The highest BCUT2D eigenvalue weighted by molar-refractivity contribution is 5.93. The standard InChI is InChI=1S/C13H18N2O/c1-8-9(2)15(10(3)16)12-7-5-4-6-11(12)13(8)14/h4-9,13H,14H2,1-3H3. The second-order valence-electron chi connectivity index (χ2n) is 4.57. The molecule has 1 heterocycles. The summed E-state index contributed by atoms with van der Waals surface area (Å²) in [6.07, 6.45) is 0. The lowest BCUT2D eigenvalue weighted by Crippen LogP contribution is -2.48. The number of para-hydroxylation sites is 1. The van der Waals surface area contributed by atoms with E-state index in [1.54, 1.807) is 6.92 Å². The van der Waals surface area contributed by atoms with E-state index in [1.165, 1.54) is 0 Å².